The van der Waals surface area contributed by atoms with Crippen LogP contribution in [0.25, 0.3) is 0 Å². The van der Waals surface area contributed by atoms with E-state index in [1.54, 1.807) is 24.3 Å². The Morgan fingerprint density at radius 3 is 2.59 bits per heavy atom. The lowest BCUT2D eigenvalue weighted by Crippen LogP contribution is -2.17. The zero-order valence-corrected chi connectivity index (χ0v) is 13.4. The first kappa shape index (κ1) is 15.3. The van der Waals surface area contributed by atoms with Crippen molar-refractivity contribution in [3.63, 3.8) is 0 Å². The van der Waals surface area contributed by atoms with Gasteiger partial charge in [0, 0.05) is 10.6 Å². The zero-order chi connectivity index (χ0) is 15.7. The molecule has 0 atom stereocenters. The molecule has 0 radical (unpaired) electrons. The molecule has 0 aromatic heterocycles. The number of carbonyl (C=O) groups is 1. The van der Waals surface area contributed by atoms with Gasteiger partial charge in [-0.25, -0.2) is 0 Å². The quantitative estimate of drug-likeness (QED) is 0.848. The van der Waals surface area contributed by atoms with Crippen LogP contribution in [0.4, 0.5) is 5.69 Å². The van der Waals surface area contributed by atoms with E-state index in [0.717, 1.165) is 0 Å². The second kappa shape index (κ2) is 6.24. The fourth-order valence-corrected chi connectivity index (χ4v) is 2.63. The summed E-state index contributed by atoms with van der Waals surface area (Å²) in [4.78, 5) is 12.3. The molecule has 0 bridgehead atoms. The molecule has 1 heterocycles. The van der Waals surface area contributed by atoms with Gasteiger partial charge in [0.05, 0.1) is 15.7 Å². The van der Waals surface area contributed by atoms with Crippen LogP contribution in [0.1, 0.15) is 10.4 Å². The molecule has 3 rings (SSSR count). The molecule has 0 saturated heterocycles. The van der Waals surface area contributed by atoms with Gasteiger partial charge in [-0.2, -0.15) is 0 Å². The molecule has 0 fully saturated rings. The Balaban J connectivity index is 1.89. The molecule has 0 saturated carbocycles. The predicted molar refractivity (Wildman–Crippen MR) is 86.9 cm³/mol. The molecule has 4 nitrogen and oxygen atoms in total. The van der Waals surface area contributed by atoms with Crippen molar-refractivity contribution in [1.82, 2.24) is 0 Å². The summed E-state index contributed by atoms with van der Waals surface area (Å²) in [6.45, 7) is 0.838. The molecule has 1 aliphatic rings. The van der Waals surface area contributed by atoms with Crippen molar-refractivity contribution < 1.29 is 14.3 Å². The fraction of sp³-hybridized carbons (Fsp3) is 0.133. The van der Waals surface area contributed by atoms with Gasteiger partial charge in [0.25, 0.3) is 5.91 Å². The Labute approximate surface area is 141 Å². The van der Waals surface area contributed by atoms with Crippen LogP contribution < -0.4 is 14.8 Å². The van der Waals surface area contributed by atoms with Crippen LogP contribution in [0, 0.1) is 0 Å². The van der Waals surface area contributed by atoms with Gasteiger partial charge in [-0.1, -0.05) is 34.8 Å². The van der Waals surface area contributed by atoms with Crippen molar-refractivity contribution in [3.05, 3.63) is 51.0 Å². The lowest BCUT2D eigenvalue weighted by molar-refractivity contribution is 0.102. The minimum atomic E-state index is -0.372. The molecule has 1 amide bonds. The number of halogens is 3. The SMILES string of the molecule is O=C(Nc1cc(Cl)ccc1Cl)c1cc(Cl)c2c(c1)OCCO2. The lowest BCUT2D eigenvalue weighted by Gasteiger charge is -2.20. The van der Waals surface area contributed by atoms with Crippen LogP contribution in [0.3, 0.4) is 0 Å². The summed E-state index contributed by atoms with van der Waals surface area (Å²) < 4.78 is 10.9. The average Bonchev–Trinajstić information content (AvgIpc) is 2.51. The highest BCUT2D eigenvalue weighted by atomic mass is 35.5. The van der Waals surface area contributed by atoms with Crippen molar-refractivity contribution in [2.24, 2.45) is 0 Å². The third-order valence-electron chi connectivity index (χ3n) is 3.04. The molecule has 1 aliphatic heterocycles. The Hall–Kier alpha value is -1.62. The molecule has 0 unspecified atom stereocenters. The van der Waals surface area contributed by atoms with Crippen LogP contribution >= 0.6 is 34.8 Å². The highest BCUT2D eigenvalue weighted by Crippen LogP contribution is 2.38. The molecule has 1 N–H and O–H groups in total. The summed E-state index contributed by atoms with van der Waals surface area (Å²) in [5.74, 6) is 0.523. The first-order valence-corrected chi connectivity index (χ1v) is 7.53. The molecule has 2 aromatic rings. The second-order valence-electron chi connectivity index (χ2n) is 4.56. The van der Waals surface area contributed by atoms with E-state index in [1.165, 1.54) is 6.07 Å². The molecular weight excluding hydrogens is 349 g/mol. The highest BCUT2D eigenvalue weighted by molar-refractivity contribution is 6.36. The Morgan fingerprint density at radius 2 is 1.77 bits per heavy atom. The van der Waals surface area contributed by atoms with E-state index in [9.17, 15) is 4.79 Å². The van der Waals surface area contributed by atoms with Crippen molar-refractivity contribution in [1.29, 1.82) is 0 Å². The van der Waals surface area contributed by atoms with Gasteiger partial charge in [-0.3, -0.25) is 4.79 Å². The third kappa shape index (κ3) is 3.09. The largest absolute Gasteiger partial charge is 0.486 e. The smallest absolute Gasteiger partial charge is 0.255 e. The van der Waals surface area contributed by atoms with E-state index >= 15 is 0 Å². The number of carbonyl (C=O) groups excluding carboxylic acids is 1. The fourth-order valence-electron chi connectivity index (χ4n) is 2.03. The summed E-state index contributed by atoms with van der Waals surface area (Å²) in [6.07, 6.45) is 0. The number of ether oxygens (including phenoxy) is 2. The number of fused-ring (bicyclic) bond motifs is 1. The number of benzene rings is 2. The number of nitrogens with one attached hydrogen (secondary N) is 1. The summed E-state index contributed by atoms with van der Waals surface area (Å²) in [7, 11) is 0. The van der Waals surface area contributed by atoms with Crippen LogP contribution in [-0.4, -0.2) is 19.1 Å². The number of hydrogen-bond donors (Lipinski definition) is 1. The van der Waals surface area contributed by atoms with E-state index in [-0.39, 0.29) is 5.91 Å². The highest BCUT2D eigenvalue weighted by Gasteiger charge is 2.19. The van der Waals surface area contributed by atoms with E-state index in [0.29, 0.717) is 51.0 Å². The first-order valence-electron chi connectivity index (χ1n) is 6.40. The van der Waals surface area contributed by atoms with Crippen molar-refractivity contribution >= 4 is 46.4 Å². The Kier molecular flexibility index (Phi) is 4.34. The van der Waals surface area contributed by atoms with Crippen LogP contribution in [-0.2, 0) is 0 Å². The summed E-state index contributed by atoms with van der Waals surface area (Å²) in [5, 5.41) is 3.87. The van der Waals surface area contributed by atoms with Crippen molar-refractivity contribution in [3.8, 4) is 11.5 Å². The van der Waals surface area contributed by atoms with Crippen LogP contribution in [0.15, 0.2) is 30.3 Å². The van der Waals surface area contributed by atoms with Gasteiger partial charge in [-0.15, -0.1) is 0 Å². The zero-order valence-electron chi connectivity index (χ0n) is 11.2. The van der Waals surface area contributed by atoms with Crippen molar-refractivity contribution in [2.75, 3.05) is 18.5 Å². The van der Waals surface area contributed by atoms with Gasteiger partial charge in [0.1, 0.15) is 13.2 Å². The van der Waals surface area contributed by atoms with E-state index in [1.807, 2.05) is 0 Å². The van der Waals surface area contributed by atoms with E-state index in [2.05, 4.69) is 5.32 Å². The van der Waals surface area contributed by atoms with Crippen molar-refractivity contribution in [2.45, 2.75) is 0 Å². The number of amides is 1. The minimum absolute atomic E-state index is 0.319. The average molecular weight is 359 g/mol. The van der Waals surface area contributed by atoms with Gasteiger partial charge in [-0.05, 0) is 30.3 Å². The number of rotatable bonds is 2. The number of hydrogen-bond acceptors (Lipinski definition) is 3. The maximum atomic E-state index is 12.3. The Morgan fingerprint density at radius 1 is 1.00 bits per heavy atom. The summed E-state index contributed by atoms with van der Waals surface area (Å²) in [5.41, 5.74) is 0.760. The maximum Gasteiger partial charge on any atom is 0.255 e. The van der Waals surface area contributed by atoms with Gasteiger partial charge >= 0.3 is 0 Å². The molecular formula is C15H10Cl3NO3. The standard InChI is InChI=1S/C15H10Cl3NO3/c16-9-1-2-10(17)12(7-9)19-15(20)8-5-11(18)14-13(6-8)21-3-4-22-14/h1-2,5-7H,3-4H2,(H,19,20). The third-order valence-corrected chi connectivity index (χ3v) is 3.88. The topological polar surface area (TPSA) is 47.6 Å². The molecule has 0 spiro atoms. The molecule has 7 heteroatoms. The summed E-state index contributed by atoms with van der Waals surface area (Å²) >= 11 is 18.0. The normalized spacial score (nSPS) is 12.9. The second-order valence-corrected chi connectivity index (χ2v) is 5.81. The van der Waals surface area contributed by atoms with Gasteiger partial charge in [0.2, 0.25) is 0 Å². The maximum absolute atomic E-state index is 12.3. The predicted octanol–water partition coefficient (Wildman–Crippen LogP) is 4.67. The Bertz CT molecular complexity index is 749. The van der Waals surface area contributed by atoms with E-state index in [4.69, 9.17) is 44.3 Å². The molecule has 2 aromatic carbocycles. The van der Waals surface area contributed by atoms with Gasteiger partial charge in [0.15, 0.2) is 11.5 Å². The van der Waals surface area contributed by atoms with E-state index < -0.39 is 0 Å². The molecule has 0 aliphatic carbocycles. The monoisotopic (exact) mass is 357 g/mol. The lowest BCUT2D eigenvalue weighted by atomic mass is 10.1. The first-order chi connectivity index (χ1) is 10.5. The molecule has 22 heavy (non-hydrogen) atoms. The van der Waals surface area contributed by atoms with Crippen LogP contribution in [0.2, 0.25) is 15.1 Å². The van der Waals surface area contributed by atoms with Crippen LogP contribution in [0.5, 0.6) is 11.5 Å². The molecule has 114 valence electrons. The summed E-state index contributed by atoms with van der Waals surface area (Å²) in [6, 6.07) is 7.91. The number of anilines is 1. The van der Waals surface area contributed by atoms with Gasteiger partial charge < -0.3 is 14.8 Å². The minimum Gasteiger partial charge on any atom is -0.486 e.